The van der Waals surface area contributed by atoms with Gasteiger partial charge in [-0.25, -0.2) is 0 Å². The number of ether oxygens (including phenoxy) is 2. The molecule has 5 rings (SSSR count). The summed E-state index contributed by atoms with van der Waals surface area (Å²) in [6.07, 6.45) is 28.7. The van der Waals surface area contributed by atoms with Crippen molar-refractivity contribution in [1.29, 1.82) is 0 Å². The van der Waals surface area contributed by atoms with Gasteiger partial charge in [0.15, 0.2) is 0 Å². The molecule has 0 saturated carbocycles. The van der Waals surface area contributed by atoms with Gasteiger partial charge in [-0.2, -0.15) is 0 Å². The molecule has 240 valence electrons. The van der Waals surface area contributed by atoms with Crippen LogP contribution < -0.4 is 9.47 Å². The number of aryl methyl sites for hydroxylation is 1. The van der Waals surface area contributed by atoms with E-state index in [4.69, 9.17) is 9.47 Å². The molecule has 5 aromatic rings. The molecule has 0 aliphatic carbocycles. The third-order valence-corrected chi connectivity index (χ3v) is 9.29. The molecule has 45 heavy (non-hydrogen) atoms. The van der Waals surface area contributed by atoms with Gasteiger partial charge in [-0.1, -0.05) is 25.7 Å². The average Bonchev–Trinajstić information content (AvgIpc) is 3.88. The molecule has 0 fully saturated rings. The maximum atomic E-state index is 6.15. The van der Waals surface area contributed by atoms with Crippen LogP contribution >= 0.6 is 0 Å². The molecular formula is C39H52N4O2. The zero-order valence-electron chi connectivity index (χ0n) is 27.6. The first-order valence-electron chi connectivity index (χ1n) is 16.9. The maximum Gasteiger partial charge on any atom is 0.123 e. The number of hydrogen-bond donors (Lipinski definition) is 0. The molecule has 0 spiro atoms. The largest absolute Gasteiger partial charge is 0.493 e. The van der Waals surface area contributed by atoms with Gasteiger partial charge in [0, 0.05) is 55.6 Å². The number of rotatable bonds is 20. The highest BCUT2D eigenvalue weighted by Crippen LogP contribution is 2.29. The quantitative estimate of drug-likeness (QED) is 0.0825. The molecule has 4 aromatic heterocycles. The standard InChI is InChI=1S/C39H52N4O2/c1-35-32-36(44-30-18-6-4-8-20-38(2,40-22-10-11-23-40)41-24-12-13-25-41)34-37(33-35)45-31-19-7-5-9-21-39(3,42-26-14-15-27-42)43-28-16-17-29-43/h10-17,22-29,32-34H,4-9,18-21,30-31H2,1-3H3. The van der Waals surface area contributed by atoms with Gasteiger partial charge in [-0.05, 0) is 126 Å². The monoisotopic (exact) mass is 608 g/mol. The van der Waals surface area contributed by atoms with Crippen LogP contribution in [0.25, 0.3) is 0 Å². The van der Waals surface area contributed by atoms with Crippen molar-refractivity contribution in [2.75, 3.05) is 13.2 Å². The van der Waals surface area contributed by atoms with Crippen LogP contribution in [0.2, 0.25) is 0 Å². The van der Waals surface area contributed by atoms with Gasteiger partial charge in [-0.15, -0.1) is 0 Å². The van der Waals surface area contributed by atoms with E-state index in [-0.39, 0.29) is 11.3 Å². The van der Waals surface area contributed by atoms with Crippen LogP contribution in [0.5, 0.6) is 11.5 Å². The summed E-state index contributed by atoms with van der Waals surface area (Å²) in [5, 5.41) is 0. The molecule has 0 amide bonds. The highest BCUT2D eigenvalue weighted by Gasteiger charge is 2.27. The summed E-state index contributed by atoms with van der Waals surface area (Å²) in [6, 6.07) is 23.1. The zero-order chi connectivity index (χ0) is 31.4. The van der Waals surface area contributed by atoms with Gasteiger partial charge in [-0.3, -0.25) is 0 Å². The van der Waals surface area contributed by atoms with Crippen molar-refractivity contribution < 1.29 is 9.47 Å². The van der Waals surface area contributed by atoms with E-state index < -0.39 is 0 Å². The lowest BCUT2D eigenvalue weighted by molar-refractivity contribution is 0.227. The Morgan fingerprint density at radius 3 is 1.09 bits per heavy atom. The Kier molecular flexibility index (Phi) is 11.3. The third-order valence-electron chi connectivity index (χ3n) is 9.29. The molecule has 0 unspecified atom stereocenters. The average molecular weight is 609 g/mol. The first kappa shape index (κ1) is 32.3. The normalized spacial score (nSPS) is 12.1. The second-order valence-electron chi connectivity index (χ2n) is 12.8. The van der Waals surface area contributed by atoms with Gasteiger partial charge in [0.05, 0.1) is 13.2 Å². The van der Waals surface area contributed by atoms with Crippen molar-refractivity contribution in [2.24, 2.45) is 0 Å². The minimum Gasteiger partial charge on any atom is -0.493 e. The van der Waals surface area contributed by atoms with Crippen molar-refractivity contribution >= 4 is 0 Å². The molecule has 4 heterocycles. The molecular weight excluding hydrogens is 556 g/mol. The summed E-state index contributed by atoms with van der Waals surface area (Å²) in [6.45, 7) is 8.22. The fourth-order valence-electron chi connectivity index (χ4n) is 6.50. The molecule has 0 atom stereocenters. The van der Waals surface area contributed by atoms with Crippen molar-refractivity contribution in [1.82, 2.24) is 18.3 Å². The molecule has 0 radical (unpaired) electrons. The van der Waals surface area contributed by atoms with Crippen LogP contribution in [0.15, 0.2) is 116 Å². The fraction of sp³-hybridized carbons (Fsp3) is 0.436. The SMILES string of the molecule is Cc1cc(OCCCCCCC(C)(n2cccc2)n2cccc2)cc(OCCCCCCC(C)(n2cccc2)n2cccc2)c1. The smallest absolute Gasteiger partial charge is 0.123 e. The van der Waals surface area contributed by atoms with E-state index >= 15 is 0 Å². The van der Waals surface area contributed by atoms with E-state index in [1.165, 1.54) is 44.1 Å². The van der Waals surface area contributed by atoms with Crippen molar-refractivity contribution in [3.05, 3.63) is 122 Å². The summed E-state index contributed by atoms with van der Waals surface area (Å²) in [7, 11) is 0. The fourth-order valence-corrected chi connectivity index (χ4v) is 6.50. The highest BCUT2D eigenvalue weighted by molar-refractivity contribution is 5.37. The second-order valence-corrected chi connectivity index (χ2v) is 12.8. The first-order valence-corrected chi connectivity index (χ1v) is 16.9. The Bertz CT molecular complexity index is 1310. The number of unbranched alkanes of at least 4 members (excludes halogenated alkanes) is 6. The summed E-state index contributed by atoms with van der Waals surface area (Å²) in [5.74, 6) is 1.82. The highest BCUT2D eigenvalue weighted by atomic mass is 16.5. The number of aromatic nitrogens is 4. The predicted molar refractivity (Wildman–Crippen MR) is 184 cm³/mol. The molecule has 0 bridgehead atoms. The van der Waals surface area contributed by atoms with Crippen LogP contribution in [0.4, 0.5) is 0 Å². The van der Waals surface area contributed by atoms with Gasteiger partial charge < -0.3 is 27.7 Å². The lowest BCUT2D eigenvalue weighted by atomic mass is 10.0. The Labute approximate surface area is 270 Å². The topological polar surface area (TPSA) is 38.2 Å². The van der Waals surface area contributed by atoms with E-state index in [0.29, 0.717) is 0 Å². The van der Waals surface area contributed by atoms with Crippen LogP contribution in [0.3, 0.4) is 0 Å². The van der Waals surface area contributed by atoms with Crippen molar-refractivity contribution in [2.45, 2.75) is 96.3 Å². The Hall–Kier alpha value is -4.06. The van der Waals surface area contributed by atoms with Crippen molar-refractivity contribution in [3.8, 4) is 11.5 Å². The third kappa shape index (κ3) is 8.56. The van der Waals surface area contributed by atoms with E-state index in [0.717, 1.165) is 50.4 Å². The molecule has 1 aromatic carbocycles. The van der Waals surface area contributed by atoms with Crippen LogP contribution in [0.1, 0.15) is 83.6 Å². The maximum absolute atomic E-state index is 6.15. The zero-order valence-corrected chi connectivity index (χ0v) is 27.6. The van der Waals surface area contributed by atoms with E-state index in [2.05, 4.69) is 149 Å². The lowest BCUT2D eigenvalue weighted by Crippen LogP contribution is -2.36. The second kappa shape index (κ2) is 15.8. The van der Waals surface area contributed by atoms with Crippen LogP contribution in [-0.2, 0) is 11.3 Å². The Balaban J connectivity index is 0.968. The van der Waals surface area contributed by atoms with Crippen molar-refractivity contribution in [3.63, 3.8) is 0 Å². The van der Waals surface area contributed by atoms with E-state index in [1.807, 2.05) is 6.07 Å². The van der Waals surface area contributed by atoms with Gasteiger partial charge >= 0.3 is 0 Å². The van der Waals surface area contributed by atoms with E-state index in [1.54, 1.807) is 0 Å². The number of nitrogens with zero attached hydrogens (tertiary/aromatic N) is 4. The van der Waals surface area contributed by atoms with E-state index in [9.17, 15) is 0 Å². The summed E-state index contributed by atoms with van der Waals surface area (Å²) in [5.41, 5.74) is 1.02. The predicted octanol–water partition coefficient (Wildman–Crippen LogP) is 9.70. The molecule has 6 heteroatoms. The molecule has 0 N–H and O–H groups in total. The Morgan fingerprint density at radius 1 is 0.444 bits per heavy atom. The van der Waals surface area contributed by atoms with Gasteiger partial charge in [0.25, 0.3) is 0 Å². The minimum absolute atomic E-state index is 0.0746. The lowest BCUT2D eigenvalue weighted by Gasteiger charge is -2.34. The van der Waals surface area contributed by atoms with Gasteiger partial charge in [0.1, 0.15) is 22.8 Å². The molecule has 0 aliphatic heterocycles. The van der Waals surface area contributed by atoms with Gasteiger partial charge in [0.2, 0.25) is 0 Å². The summed E-state index contributed by atoms with van der Waals surface area (Å²) >= 11 is 0. The molecule has 6 nitrogen and oxygen atoms in total. The number of hydrogen-bond acceptors (Lipinski definition) is 2. The number of benzene rings is 1. The molecule has 0 saturated heterocycles. The summed E-state index contributed by atoms with van der Waals surface area (Å²) < 4.78 is 21.6. The minimum atomic E-state index is -0.0746. The van der Waals surface area contributed by atoms with Crippen LogP contribution in [0, 0.1) is 6.92 Å². The molecule has 0 aliphatic rings. The summed E-state index contributed by atoms with van der Waals surface area (Å²) in [4.78, 5) is 0. The first-order chi connectivity index (χ1) is 22.0. The van der Waals surface area contributed by atoms with Crippen LogP contribution in [-0.4, -0.2) is 31.5 Å². The Morgan fingerprint density at radius 2 is 0.756 bits per heavy atom.